The summed E-state index contributed by atoms with van der Waals surface area (Å²) in [5.74, 6) is -0.686. The number of nitrogens with zero attached hydrogens (tertiary/aromatic N) is 1. The fourth-order valence-corrected chi connectivity index (χ4v) is 3.81. The summed E-state index contributed by atoms with van der Waals surface area (Å²) in [5.41, 5.74) is 2.22. The van der Waals surface area contributed by atoms with Crippen molar-refractivity contribution in [1.82, 2.24) is 15.5 Å². The molecule has 7 nitrogen and oxygen atoms in total. The van der Waals surface area contributed by atoms with E-state index in [2.05, 4.69) is 10.6 Å². The molecule has 3 amide bonds. The lowest BCUT2D eigenvalue weighted by atomic mass is 9.93. The second-order valence-corrected chi connectivity index (χ2v) is 10.9. The van der Waals surface area contributed by atoms with Crippen LogP contribution in [0.15, 0.2) is 18.2 Å². The Kier molecular flexibility index (Phi) is 11.3. The third-order valence-corrected chi connectivity index (χ3v) is 6.28. The maximum atomic E-state index is 14.2. The summed E-state index contributed by atoms with van der Waals surface area (Å²) in [6.45, 7) is 21.0. The average Bonchev–Trinajstić information content (AvgIpc) is 2.74. The highest BCUT2D eigenvalue weighted by molar-refractivity contribution is 5.92. The summed E-state index contributed by atoms with van der Waals surface area (Å²) in [6.07, 6.45) is 0.684. The predicted molar refractivity (Wildman–Crippen MR) is 141 cm³/mol. The molecule has 1 rings (SSSR count). The van der Waals surface area contributed by atoms with Gasteiger partial charge in [0.2, 0.25) is 11.8 Å². The van der Waals surface area contributed by atoms with Gasteiger partial charge in [0.05, 0.1) is 0 Å². The van der Waals surface area contributed by atoms with E-state index in [0.717, 1.165) is 16.7 Å². The summed E-state index contributed by atoms with van der Waals surface area (Å²) >= 11 is 0. The number of carbonyl (C=O) groups excluding carboxylic acids is 3. The third-order valence-electron chi connectivity index (χ3n) is 6.28. The molecule has 7 heteroatoms. The Hall–Kier alpha value is -2.57. The standard InChI is InChI=1S/C28H47N3O4/c1-12-18(5)23(30-27(34)35-28(9,10)11)26(33)31(21(8)13-2)24(25(32)29-17(3)4)22-15-14-19(6)20(7)16-22/h14-18,21,23-24H,12-13H2,1-11H3,(H,29,32)(H,30,34). The van der Waals surface area contributed by atoms with Gasteiger partial charge in [0.1, 0.15) is 17.7 Å². The molecule has 35 heavy (non-hydrogen) atoms. The van der Waals surface area contributed by atoms with E-state index >= 15 is 0 Å². The summed E-state index contributed by atoms with van der Waals surface area (Å²) in [4.78, 5) is 42.1. The second kappa shape index (κ2) is 12.9. The number of benzene rings is 1. The van der Waals surface area contributed by atoms with Gasteiger partial charge >= 0.3 is 6.09 Å². The van der Waals surface area contributed by atoms with E-state index < -0.39 is 23.8 Å². The zero-order valence-electron chi connectivity index (χ0n) is 23.6. The van der Waals surface area contributed by atoms with E-state index in [1.165, 1.54) is 0 Å². The molecular weight excluding hydrogens is 442 g/mol. The second-order valence-electron chi connectivity index (χ2n) is 10.9. The van der Waals surface area contributed by atoms with Crippen LogP contribution < -0.4 is 10.6 Å². The van der Waals surface area contributed by atoms with E-state index in [4.69, 9.17) is 4.74 Å². The molecular formula is C28H47N3O4. The van der Waals surface area contributed by atoms with Crippen molar-refractivity contribution in [1.29, 1.82) is 0 Å². The molecule has 0 aromatic heterocycles. The molecule has 0 heterocycles. The summed E-state index contributed by atoms with van der Waals surface area (Å²) < 4.78 is 5.45. The Bertz CT molecular complexity index is 875. The number of alkyl carbamates (subject to hydrolysis) is 1. The Labute approximate surface area is 212 Å². The van der Waals surface area contributed by atoms with E-state index in [1.807, 2.05) is 73.6 Å². The minimum absolute atomic E-state index is 0.0873. The minimum atomic E-state index is -0.829. The number of aryl methyl sites for hydroxylation is 2. The quantitative estimate of drug-likeness (QED) is 0.458. The first-order chi connectivity index (χ1) is 16.1. The normalized spacial score (nSPS) is 15.1. The van der Waals surface area contributed by atoms with Crippen molar-refractivity contribution in [2.45, 2.75) is 119 Å². The van der Waals surface area contributed by atoms with Crippen molar-refractivity contribution >= 4 is 17.9 Å². The number of nitrogens with one attached hydrogen (secondary N) is 2. The highest BCUT2D eigenvalue weighted by atomic mass is 16.6. The molecule has 0 bridgehead atoms. The Morgan fingerprint density at radius 3 is 2.00 bits per heavy atom. The molecule has 0 aliphatic heterocycles. The largest absolute Gasteiger partial charge is 0.444 e. The molecule has 0 aliphatic rings. The first-order valence-electron chi connectivity index (χ1n) is 12.8. The smallest absolute Gasteiger partial charge is 0.408 e. The first kappa shape index (κ1) is 30.5. The van der Waals surface area contributed by atoms with Crippen LogP contribution in [-0.2, 0) is 14.3 Å². The number of rotatable bonds is 10. The Morgan fingerprint density at radius 1 is 0.943 bits per heavy atom. The molecule has 1 aromatic carbocycles. The van der Waals surface area contributed by atoms with Crippen molar-refractivity contribution in [3.63, 3.8) is 0 Å². The minimum Gasteiger partial charge on any atom is -0.444 e. The van der Waals surface area contributed by atoms with Crippen LogP contribution in [0.2, 0.25) is 0 Å². The first-order valence-corrected chi connectivity index (χ1v) is 12.8. The summed E-state index contributed by atoms with van der Waals surface area (Å²) in [5, 5.41) is 5.80. The highest BCUT2D eigenvalue weighted by Gasteiger charge is 2.40. The summed E-state index contributed by atoms with van der Waals surface area (Å²) in [7, 11) is 0. The van der Waals surface area contributed by atoms with Crippen molar-refractivity contribution < 1.29 is 19.1 Å². The predicted octanol–water partition coefficient (Wildman–Crippen LogP) is 5.44. The molecule has 0 saturated heterocycles. The maximum Gasteiger partial charge on any atom is 0.408 e. The van der Waals surface area contributed by atoms with Gasteiger partial charge in [-0.25, -0.2) is 4.79 Å². The van der Waals surface area contributed by atoms with Gasteiger partial charge in [-0.1, -0.05) is 45.4 Å². The monoisotopic (exact) mass is 489 g/mol. The van der Waals surface area contributed by atoms with Gasteiger partial charge in [0, 0.05) is 12.1 Å². The van der Waals surface area contributed by atoms with Gasteiger partial charge in [0.25, 0.3) is 0 Å². The van der Waals surface area contributed by atoms with Gasteiger partial charge in [-0.2, -0.15) is 0 Å². The van der Waals surface area contributed by atoms with Crippen LogP contribution in [0.5, 0.6) is 0 Å². The van der Waals surface area contributed by atoms with Crippen LogP contribution in [0.4, 0.5) is 4.79 Å². The number of carbonyl (C=O) groups is 3. The Morgan fingerprint density at radius 2 is 1.54 bits per heavy atom. The number of amides is 3. The lowest BCUT2D eigenvalue weighted by Crippen LogP contribution is -2.57. The van der Waals surface area contributed by atoms with Crippen molar-refractivity contribution in [2.24, 2.45) is 5.92 Å². The van der Waals surface area contributed by atoms with E-state index in [0.29, 0.717) is 12.8 Å². The molecule has 4 unspecified atom stereocenters. The van der Waals surface area contributed by atoms with E-state index in [-0.39, 0.29) is 29.8 Å². The number of hydrogen-bond donors (Lipinski definition) is 2. The van der Waals surface area contributed by atoms with Crippen LogP contribution in [-0.4, -0.2) is 46.5 Å². The molecule has 4 atom stereocenters. The zero-order chi connectivity index (χ0) is 27.1. The van der Waals surface area contributed by atoms with Crippen LogP contribution in [0.3, 0.4) is 0 Å². The van der Waals surface area contributed by atoms with E-state index in [1.54, 1.807) is 25.7 Å². The van der Waals surface area contributed by atoms with Crippen LogP contribution in [0.25, 0.3) is 0 Å². The molecule has 0 fully saturated rings. The van der Waals surface area contributed by atoms with Gasteiger partial charge in [-0.05, 0) is 84.4 Å². The molecule has 0 saturated carbocycles. The van der Waals surface area contributed by atoms with Crippen molar-refractivity contribution in [3.05, 3.63) is 34.9 Å². The number of ether oxygens (including phenoxy) is 1. The molecule has 0 spiro atoms. The maximum absolute atomic E-state index is 14.2. The molecule has 0 aliphatic carbocycles. The van der Waals surface area contributed by atoms with Crippen molar-refractivity contribution in [3.8, 4) is 0 Å². The summed E-state index contributed by atoms with van der Waals surface area (Å²) in [6, 6.07) is 3.88. The van der Waals surface area contributed by atoms with Crippen LogP contribution in [0.1, 0.15) is 97.9 Å². The van der Waals surface area contributed by atoms with Gasteiger partial charge in [-0.3, -0.25) is 9.59 Å². The molecule has 1 aromatic rings. The van der Waals surface area contributed by atoms with Crippen molar-refractivity contribution in [2.75, 3.05) is 0 Å². The molecule has 0 radical (unpaired) electrons. The lowest BCUT2D eigenvalue weighted by molar-refractivity contribution is -0.146. The fraction of sp³-hybridized carbons (Fsp3) is 0.679. The molecule has 2 N–H and O–H groups in total. The lowest BCUT2D eigenvalue weighted by Gasteiger charge is -2.39. The SMILES string of the molecule is CCC(C)C(NC(=O)OC(C)(C)C)C(=O)N(C(C)CC)C(C(=O)NC(C)C)c1ccc(C)c(C)c1. The molecule has 198 valence electrons. The Balaban J connectivity index is 3.60. The van der Waals surface area contributed by atoms with Crippen LogP contribution in [0, 0.1) is 19.8 Å². The average molecular weight is 490 g/mol. The third kappa shape index (κ3) is 8.86. The topological polar surface area (TPSA) is 87.7 Å². The van der Waals surface area contributed by atoms with E-state index in [9.17, 15) is 14.4 Å². The fourth-order valence-electron chi connectivity index (χ4n) is 3.81. The van der Waals surface area contributed by atoms with Gasteiger partial charge in [0.15, 0.2) is 0 Å². The van der Waals surface area contributed by atoms with Crippen LogP contribution >= 0.6 is 0 Å². The van der Waals surface area contributed by atoms with Gasteiger partial charge < -0.3 is 20.3 Å². The number of hydrogen-bond acceptors (Lipinski definition) is 4. The van der Waals surface area contributed by atoms with Gasteiger partial charge in [-0.15, -0.1) is 0 Å². The zero-order valence-corrected chi connectivity index (χ0v) is 23.6. The highest BCUT2D eigenvalue weighted by Crippen LogP contribution is 2.29.